The van der Waals surface area contributed by atoms with Gasteiger partial charge >= 0.3 is 0 Å². The minimum atomic E-state index is 0.142. The van der Waals surface area contributed by atoms with E-state index >= 15 is 0 Å². The van der Waals surface area contributed by atoms with E-state index in [1.165, 1.54) is 5.56 Å². The third-order valence-electron chi connectivity index (χ3n) is 4.86. The Balaban J connectivity index is 1.60. The number of carbonyl (C=O) groups is 1. The minimum absolute atomic E-state index is 0.142. The first-order chi connectivity index (χ1) is 11.6. The summed E-state index contributed by atoms with van der Waals surface area (Å²) in [5.41, 5.74) is 3.19. The normalized spacial score (nSPS) is 15.5. The van der Waals surface area contributed by atoms with Crippen molar-refractivity contribution < 1.29 is 4.79 Å². The fourth-order valence-corrected chi connectivity index (χ4v) is 3.26. The maximum Gasteiger partial charge on any atom is 0.253 e. The van der Waals surface area contributed by atoms with E-state index < -0.39 is 0 Å². The zero-order valence-corrected chi connectivity index (χ0v) is 14.8. The van der Waals surface area contributed by atoms with Crippen LogP contribution in [0.3, 0.4) is 0 Å². The summed E-state index contributed by atoms with van der Waals surface area (Å²) in [5, 5.41) is 4.37. The third kappa shape index (κ3) is 3.45. The Morgan fingerprint density at radius 3 is 2.42 bits per heavy atom. The van der Waals surface area contributed by atoms with Crippen LogP contribution in [-0.2, 0) is 6.54 Å². The molecule has 1 aliphatic heterocycles. The summed E-state index contributed by atoms with van der Waals surface area (Å²) in [6.07, 6.45) is 6.14. The average molecular weight is 326 g/mol. The van der Waals surface area contributed by atoms with Gasteiger partial charge in [-0.2, -0.15) is 5.10 Å². The summed E-state index contributed by atoms with van der Waals surface area (Å²) in [5.74, 6) is 0.661. The van der Waals surface area contributed by atoms with Gasteiger partial charge in [0.1, 0.15) is 0 Å². The molecule has 2 aromatic rings. The molecule has 0 N–H and O–H groups in total. The van der Waals surface area contributed by atoms with Gasteiger partial charge in [-0.15, -0.1) is 0 Å². The number of anilines is 1. The number of benzene rings is 1. The third-order valence-corrected chi connectivity index (χ3v) is 4.86. The van der Waals surface area contributed by atoms with Gasteiger partial charge in [0.05, 0.1) is 6.20 Å². The van der Waals surface area contributed by atoms with Gasteiger partial charge in [0.15, 0.2) is 0 Å². The molecule has 1 fully saturated rings. The van der Waals surface area contributed by atoms with E-state index in [0.717, 1.165) is 43.7 Å². The number of aryl methyl sites for hydroxylation is 1. The molecule has 128 valence electrons. The summed E-state index contributed by atoms with van der Waals surface area (Å²) >= 11 is 0. The highest BCUT2D eigenvalue weighted by Crippen LogP contribution is 2.28. The zero-order chi connectivity index (χ0) is 17.1. The number of likely N-dealkylation sites (tertiary alicyclic amines) is 1. The fourth-order valence-electron chi connectivity index (χ4n) is 3.26. The van der Waals surface area contributed by atoms with E-state index in [1.807, 2.05) is 59.0 Å². The molecule has 0 aliphatic carbocycles. The van der Waals surface area contributed by atoms with E-state index in [2.05, 4.69) is 18.2 Å². The van der Waals surface area contributed by atoms with Gasteiger partial charge in [-0.05, 0) is 55.5 Å². The van der Waals surface area contributed by atoms with Crippen LogP contribution in [0.4, 0.5) is 5.69 Å². The molecule has 1 saturated heterocycles. The van der Waals surface area contributed by atoms with E-state index in [9.17, 15) is 4.79 Å². The summed E-state index contributed by atoms with van der Waals surface area (Å²) in [7, 11) is 4.00. The number of piperidine rings is 1. The number of aromatic nitrogens is 2. The topological polar surface area (TPSA) is 41.4 Å². The van der Waals surface area contributed by atoms with Crippen LogP contribution in [-0.4, -0.2) is 47.8 Å². The molecule has 0 spiro atoms. The summed E-state index contributed by atoms with van der Waals surface area (Å²) in [6, 6.07) is 7.85. The van der Waals surface area contributed by atoms with Crippen molar-refractivity contribution in [3.8, 4) is 0 Å². The average Bonchev–Trinajstić information content (AvgIpc) is 3.10. The number of nitrogens with zero attached hydrogens (tertiary/aromatic N) is 4. The lowest BCUT2D eigenvalue weighted by Crippen LogP contribution is -2.37. The van der Waals surface area contributed by atoms with Crippen LogP contribution in [0.1, 0.15) is 41.6 Å². The number of rotatable bonds is 4. The zero-order valence-electron chi connectivity index (χ0n) is 14.8. The molecule has 1 amide bonds. The molecule has 3 rings (SSSR count). The van der Waals surface area contributed by atoms with Crippen LogP contribution in [0.2, 0.25) is 0 Å². The van der Waals surface area contributed by atoms with Gasteiger partial charge in [0.2, 0.25) is 0 Å². The van der Waals surface area contributed by atoms with Crippen molar-refractivity contribution in [1.29, 1.82) is 0 Å². The molecule has 2 heterocycles. The molecule has 1 aromatic carbocycles. The lowest BCUT2D eigenvalue weighted by molar-refractivity contribution is 0.0713. The van der Waals surface area contributed by atoms with Crippen molar-refractivity contribution in [3.63, 3.8) is 0 Å². The van der Waals surface area contributed by atoms with Crippen molar-refractivity contribution in [1.82, 2.24) is 14.7 Å². The molecule has 5 heteroatoms. The number of amides is 1. The summed E-state index contributed by atoms with van der Waals surface area (Å²) < 4.78 is 1.97. The van der Waals surface area contributed by atoms with Crippen LogP contribution >= 0.6 is 0 Å². The van der Waals surface area contributed by atoms with E-state index in [4.69, 9.17) is 0 Å². The van der Waals surface area contributed by atoms with E-state index in [0.29, 0.717) is 5.92 Å². The van der Waals surface area contributed by atoms with E-state index in [-0.39, 0.29) is 5.91 Å². The lowest BCUT2D eigenvalue weighted by atomic mass is 9.91. The van der Waals surface area contributed by atoms with Crippen molar-refractivity contribution in [2.45, 2.75) is 32.2 Å². The van der Waals surface area contributed by atoms with Gasteiger partial charge in [-0.25, -0.2) is 0 Å². The van der Waals surface area contributed by atoms with Crippen molar-refractivity contribution >= 4 is 11.6 Å². The second-order valence-electron chi connectivity index (χ2n) is 6.64. The number of hydrogen-bond donors (Lipinski definition) is 0. The Kier molecular flexibility index (Phi) is 4.88. The highest BCUT2D eigenvalue weighted by Gasteiger charge is 2.25. The first-order valence-corrected chi connectivity index (χ1v) is 8.67. The Hall–Kier alpha value is -2.30. The quantitative estimate of drug-likeness (QED) is 0.867. The number of carbonyl (C=O) groups excluding carboxylic acids is 1. The van der Waals surface area contributed by atoms with Crippen LogP contribution < -0.4 is 4.90 Å². The molecule has 1 aliphatic rings. The first kappa shape index (κ1) is 16.6. The highest BCUT2D eigenvalue weighted by molar-refractivity contribution is 5.94. The van der Waals surface area contributed by atoms with Gasteiger partial charge in [0, 0.05) is 51.2 Å². The fraction of sp³-hybridized carbons (Fsp3) is 0.474. The summed E-state index contributed by atoms with van der Waals surface area (Å²) in [6.45, 7) is 4.63. The second-order valence-corrected chi connectivity index (χ2v) is 6.64. The molecule has 0 atom stereocenters. The van der Waals surface area contributed by atoms with Crippen LogP contribution in [0.25, 0.3) is 0 Å². The SMILES string of the molecule is CCn1cc(C2CCN(C(=O)c3ccc(N(C)C)cc3)CC2)cn1. The number of hydrogen-bond acceptors (Lipinski definition) is 3. The molecule has 0 radical (unpaired) electrons. The Labute approximate surface area is 143 Å². The van der Waals surface area contributed by atoms with Crippen molar-refractivity contribution in [2.24, 2.45) is 0 Å². The highest BCUT2D eigenvalue weighted by atomic mass is 16.2. The predicted octanol–water partition coefficient (Wildman–Crippen LogP) is 2.99. The molecule has 0 unspecified atom stereocenters. The van der Waals surface area contributed by atoms with Gasteiger partial charge < -0.3 is 9.80 Å². The van der Waals surface area contributed by atoms with Crippen LogP contribution in [0.15, 0.2) is 36.7 Å². The predicted molar refractivity (Wildman–Crippen MR) is 96.5 cm³/mol. The van der Waals surface area contributed by atoms with Gasteiger partial charge in [-0.1, -0.05) is 0 Å². The monoisotopic (exact) mass is 326 g/mol. The standard InChI is InChI=1S/C19H26N4O/c1-4-23-14-17(13-20-23)15-9-11-22(12-10-15)19(24)16-5-7-18(8-6-16)21(2)3/h5-8,13-15H,4,9-12H2,1-3H3. The van der Waals surface area contributed by atoms with Crippen molar-refractivity contribution in [2.75, 3.05) is 32.1 Å². The molecular weight excluding hydrogens is 300 g/mol. The van der Waals surface area contributed by atoms with Crippen LogP contribution in [0, 0.1) is 0 Å². The maximum absolute atomic E-state index is 12.7. The Bertz CT molecular complexity index is 682. The van der Waals surface area contributed by atoms with Gasteiger partial charge in [0.25, 0.3) is 5.91 Å². The minimum Gasteiger partial charge on any atom is -0.378 e. The molecule has 0 bridgehead atoms. The molecule has 1 aromatic heterocycles. The molecular formula is C19H26N4O. The molecule has 24 heavy (non-hydrogen) atoms. The largest absolute Gasteiger partial charge is 0.378 e. The van der Waals surface area contributed by atoms with Gasteiger partial charge in [-0.3, -0.25) is 9.48 Å². The smallest absolute Gasteiger partial charge is 0.253 e. The molecule has 5 nitrogen and oxygen atoms in total. The second kappa shape index (κ2) is 7.07. The first-order valence-electron chi connectivity index (χ1n) is 8.67. The van der Waals surface area contributed by atoms with Crippen molar-refractivity contribution in [3.05, 3.63) is 47.8 Å². The van der Waals surface area contributed by atoms with Crippen LogP contribution in [0.5, 0.6) is 0 Å². The summed E-state index contributed by atoms with van der Waals surface area (Å²) in [4.78, 5) is 16.7. The lowest BCUT2D eigenvalue weighted by Gasteiger charge is -2.31. The molecule has 0 saturated carbocycles. The Morgan fingerprint density at radius 1 is 1.21 bits per heavy atom. The van der Waals surface area contributed by atoms with E-state index in [1.54, 1.807) is 0 Å². The Morgan fingerprint density at radius 2 is 1.88 bits per heavy atom. The maximum atomic E-state index is 12.7.